The van der Waals surface area contributed by atoms with E-state index in [0.29, 0.717) is 11.8 Å². The van der Waals surface area contributed by atoms with E-state index in [1.165, 1.54) is 0 Å². The van der Waals surface area contributed by atoms with E-state index in [1.807, 2.05) is 13.2 Å². The molecule has 3 nitrogen and oxygen atoms in total. The van der Waals surface area contributed by atoms with E-state index in [0.717, 1.165) is 5.69 Å². The molecule has 0 aromatic carbocycles. The van der Waals surface area contributed by atoms with Crippen LogP contribution in [-0.4, -0.2) is 15.0 Å². The molecule has 1 rings (SSSR count). The third-order valence-corrected chi connectivity index (χ3v) is 2.09. The molecule has 0 N–H and O–H groups in total. The van der Waals surface area contributed by atoms with Crippen LogP contribution < -0.4 is 0 Å². The van der Waals surface area contributed by atoms with Gasteiger partial charge in [0, 0.05) is 19.2 Å². The van der Waals surface area contributed by atoms with Gasteiger partial charge in [-0.3, -0.25) is 4.68 Å². The van der Waals surface area contributed by atoms with E-state index in [-0.39, 0.29) is 0 Å². The first-order valence-electron chi connectivity index (χ1n) is 3.97. The molecule has 0 radical (unpaired) electrons. The van der Waals surface area contributed by atoms with Crippen LogP contribution in [0.5, 0.6) is 0 Å². The second-order valence-electron chi connectivity index (χ2n) is 3.35. The van der Waals surface area contributed by atoms with Gasteiger partial charge in [0.1, 0.15) is 0 Å². The minimum atomic E-state index is 0.503. The fourth-order valence-electron chi connectivity index (χ4n) is 0.915. The Balaban J connectivity index is 2.76. The number of nitrogens with zero attached hydrogens (tertiary/aromatic N) is 3. The summed E-state index contributed by atoms with van der Waals surface area (Å²) in [5, 5.41) is 7.94. The zero-order valence-corrected chi connectivity index (χ0v) is 7.57. The average Bonchev–Trinajstić information content (AvgIpc) is 2.34. The third-order valence-electron chi connectivity index (χ3n) is 2.09. The van der Waals surface area contributed by atoms with Crippen molar-refractivity contribution in [2.75, 3.05) is 0 Å². The monoisotopic (exact) mass is 153 g/mol. The highest BCUT2D eigenvalue weighted by Gasteiger charge is 2.12. The quantitative estimate of drug-likeness (QED) is 0.645. The van der Waals surface area contributed by atoms with Crippen LogP contribution in [0.4, 0.5) is 0 Å². The number of rotatable bonds is 2. The predicted molar refractivity (Wildman–Crippen MR) is 44.3 cm³/mol. The van der Waals surface area contributed by atoms with E-state index < -0.39 is 0 Å². The molecule has 1 aromatic heterocycles. The van der Waals surface area contributed by atoms with Gasteiger partial charge in [0.15, 0.2) is 0 Å². The van der Waals surface area contributed by atoms with Crippen molar-refractivity contribution in [1.29, 1.82) is 0 Å². The molecule has 1 heterocycles. The Bertz CT molecular complexity index is 227. The maximum atomic E-state index is 4.05. The van der Waals surface area contributed by atoms with Gasteiger partial charge in [-0.2, -0.15) is 0 Å². The molecule has 0 bridgehead atoms. The smallest absolute Gasteiger partial charge is 0.0857 e. The summed E-state index contributed by atoms with van der Waals surface area (Å²) in [6, 6.07) is 0. The van der Waals surface area contributed by atoms with Crippen LogP contribution in [0.3, 0.4) is 0 Å². The van der Waals surface area contributed by atoms with Gasteiger partial charge in [0.2, 0.25) is 0 Å². The van der Waals surface area contributed by atoms with Gasteiger partial charge >= 0.3 is 0 Å². The summed E-state index contributed by atoms with van der Waals surface area (Å²) in [5.41, 5.74) is 1.09. The Hall–Kier alpha value is -0.860. The van der Waals surface area contributed by atoms with Crippen molar-refractivity contribution in [3.8, 4) is 0 Å². The first-order valence-corrected chi connectivity index (χ1v) is 3.97. The van der Waals surface area contributed by atoms with E-state index in [1.54, 1.807) is 4.68 Å². The molecule has 62 valence electrons. The molecule has 11 heavy (non-hydrogen) atoms. The molecule has 0 unspecified atom stereocenters. The summed E-state index contributed by atoms with van der Waals surface area (Å²) in [5.74, 6) is 1.13. The Morgan fingerprint density at radius 2 is 2.00 bits per heavy atom. The first kappa shape index (κ1) is 8.24. The van der Waals surface area contributed by atoms with Gasteiger partial charge in [-0.15, -0.1) is 5.10 Å². The van der Waals surface area contributed by atoms with Gasteiger partial charge in [-0.1, -0.05) is 26.0 Å². The van der Waals surface area contributed by atoms with Crippen LogP contribution in [0, 0.1) is 5.92 Å². The Morgan fingerprint density at radius 1 is 1.36 bits per heavy atom. The molecule has 0 aliphatic carbocycles. The van der Waals surface area contributed by atoms with E-state index in [9.17, 15) is 0 Å². The fraction of sp³-hybridized carbons (Fsp3) is 0.750. The van der Waals surface area contributed by atoms with Crippen LogP contribution in [0.25, 0.3) is 0 Å². The minimum absolute atomic E-state index is 0.503. The molecule has 3 heteroatoms. The largest absolute Gasteiger partial charge is 0.255 e. The second kappa shape index (κ2) is 3.03. The minimum Gasteiger partial charge on any atom is -0.255 e. The number of aryl methyl sites for hydroxylation is 1. The van der Waals surface area contributed by atoms with Crippen molar-refractivity contribution in [2.24, 2.45) is 13.0 Å². The van der Waals surface area contributed by atoms with Crippen LogP contribution in [0.2, 0.25) is 0 Å². The standard InChI is InChI=1S/C8H15N3/c1-6(2)7(3)8-5-11(4)10-9-8/h5-7H,1-4H3/t7-/m0/s1. The molecule has 0 saturated heterocycles. The molecule has 0 amide bonds. The summed E-state index contributed by atoms with van der Waals surface area (Å²) < 4.78 is 1.74. The lowest BCUT2D eigenvalue weighted by atomic mass is 9.95. The van der Waals surface area contributed by atoms with E-state index in [2.05, 4.69) is 31.1 Å². The topological polar surface area (TPSA) is 30.7 Å². The maximum absolute atomic E-state index is 4.05. The van der Waals surface area contributed by atoms with Crippen LogP contribution >= 0.6 is 0 Å². The van der Waals surface area contributed by atoms with Crippen molar-refractivity contribution < 1.29 is 0 Å². The highest BCUT2D eigenvalue weighted by Crippen LogP contribution is 2.20. The molecule has 0 spiro atoms. The summed E-state index contributed by atoms with van der Waals surface area (Å²) in [6.07, 6.45) is 1.98. The van der Waals surface area contributed by atoms with Gasteiger partial charge in [-0.05, 0) is 5.92 Å². The SMILES string of the molecule is CC(C)[C@H](C)c1cn(C)nn1. The third kappa shape index (κ3) is 1.79. The summed E-state index contributed by atoms with van der Waals surface area (Å²) in [4.78, 5) is 0. The van der Waals surface area contributed by atoms with Crippen molar-refractivity contribution in [1.82, 2.24) is 15.0 Å². The molecular formula is C8H15N3. The van der Waals surface area contributed by atoms with E-state index >= 15 is 0 Å². The molecule has 1 aromatic rings. The van der Waals surface area contributed by atoms with Crippen molar-refractivity contribution in [3.63, 3.8) is 0 Å². The summed E-state index contributed by atoms with van der Waals surface area (Å²) in [6.45, 7) is 6.56. The van der Waals surface area contributed by atoms with Crippen LogP contribution in [-0.2, 0) is 7.05 Å². The molecule has 0 fully saturated rings. The second-order valence-corrected chi connectivity index (χ2v) is 3.35. The maximum Gasteiger partial charge on any atom is 0.0857 e. The van der Waals surface area contributed by atoms with Gasteiger partial charge < -0.3 is 0 Å². The van der Waals surface area contributed by atoms with E-state index in [4.69, 9.17) is 0 Å². The van der Waals surface area contributed by atoms with Gasteiger partial charge in [0.05, 0.1) is 5.69 Å². The lowest BCUT2D eigenvalue weighted by Crippen LogP contribution is -2.02. The Labute approximate surface area is 67.4 Å². The van der Waals surface area contributed by atoms with Gasteiger partial charge in [0.25, 0.3) is 0 Å². The lowest BCUT2D eigenvalue weighted by molar-refractivity contribution is 0.522. The average molecular weight is 153 g/mol. The number of hydrogen-bond donors (Lipinski definition) is 0. The summed E-state index contributed by atoms with van der Waals surface area (Å²) in [7, 11) is 1.89. The number of aromatic nitrogens is 3. The number of hydrogen-bond acceptors (Lipinski definition) is 2. The van der Waals surface area contributed by atoms with Crippen molar-refractivity contribution in [2.45, 2.75) is 26.7 Å². The molecule has 0 aliphatic rings. The zero-order chi connectivity index (χ0) is 8.43. The lowest BCUT2D eigenvalue weighted by Gasteiger charge is -2.10. The highest BCUT2D eigenvalue weighted by molar-refractivity contribution is 5.00. The summed E-state index contributed by atoms with van der Waals surface area (Å²) >= 11 is 0. The van der Waals surface area contributed by atoms with Crippen LogP contribution in [0.1, 0.15) is 32.4 Å². The van der Waals surface area contributed by atoms with Crippen molar-refractivity contribution >= 4 is 0 Å². The van der Waals surface area contributed by atoms with Crippen molar-refractivity contribution in [3.05, 3.63) is 11.9 Å². The fourth-order valence-corrected chi connectivity index (χ4v) is 0.915. The first-order chi connectivity index (χ1) is 5.11. The Kier molecular flexibility index (Phi) is 2.27. The molecule has 0 saturated carbocycles. The molecule has 0 aliphatic heterocycles. The highest BCUT2D eigenvalue weighted by atomic mass is 15.4. The Morgan fingerprint density at radius 3 is 2.36 bits per heavy atom. The zero-order valence-electron chi connectivity index (χ0n) is 7.57. The molecule has 1 atom stereocenters. The normalized spacial score (nSPS) is 13.9. The van der Waals surface area contributed by atoms with Gasteiger partial charge in [-0.25, -0.2) is 0 Å². The predicted octanol–water partition coefficient (Wildman–Crippen LogP) is 1.57. The van der Waals surface area contributed by atoms with Crippen LogP contribution in [0.15, 0.2) is 6.20 Å². The molecular weight excluding hydrogens is 138 g/mol.